The van der Waals surface area contributed by atoms with E-state index in [2.05, 4.69) is 4.72 Å². The van der Waals surface area contributed by atoms with E-state index < -0.39 is 26.9 Å². The largest absolute Gasteiger partial charge is 0.327 e. The van der Waals surface area contributed by atoms with Crippen LogP contribution in [0.5, 0.6) is 0 Å². The van der Waals surface area contributed by atoms with Crippen LogP contribution in [0.1, 0.15) is 43.7 Å². The number of carbonyl (C=O) groups excluding carboxylic acids is 2. The van der Waals surface area contributed by atoms with Crippen molar-refractivity contribution in [2.45, 2.75) is 49.3 Å². The summed E-state index contributed by atoms with van der Waals surface area (Å²) in [6.07, 6.45) is 2.69. The van der Waals surface area contributed by atoms with E-state index in [0.29, 0.717) is 41.4 Å². The van der Waals surface area contributed by atoms with Gasteiger partial charge in [-0.25, -0.2) is 8.42 Å². The Morgan fingerprint density at radius 1 is 1.03 bits per heavy atom. The molecule has 1 aliphatic carbocycles. The Hall–Kier alpha value is -2.09. The maximum atomic E-state index is 13.6. The van der Waals surface area contributed by atoms with Gasteiger partial charge in [0.1, 0.15) is 5.54 Å². The summed E-state index contributed by atoms with van der Waals surface area (Å²) in [5.41, 5.74) is -0.554. The molecule has 2 fully saturated rings. The van der Waals surface area contributed by atoms with Crippen LogP contribution in [0.15, 0.2) is 48.5 Å². The molecule has 2 aromatic rings. The first-order chi connectivity index (χ1) is 15.1. The SMILES string of the molecule is CC1(C(=O)NS(=O)(=O)Cc2cccc(Cl)c2)CCN1C(=O)C1(c2ccc(Cl)cc2)CCC1. The number of hydrogen-bond acceptors (Lipinski definition) is 4. The number of nitrogens with zero attached hydrogens (tertiary/aromatic N) is 1. The molecule has 1 aliphatic heterocycles. The van der Waals surface area contributed by atoms with Gasteiger partial charge in [-0.2, -0.15) is 0 Å². The minimum absolute atomic E-state index is 0.137. The lowest BCUT2D eigenvalue weighted by atomic mass is 9.62. The van der Waals surface area contributed by atoms with Gasteiger partial charge >= 0.3 is 0 Å². The predicted molar refractivity (Wildman–Crippen MR) is 124 cm³/mol. The van der Waals surface area contributed by atoms with Gasteiger partial charge in [-0.05, 0) is 61.6 Å². The summed E-state index contributed by atoms with van der Waals surface area (Å²) in [6.45, 7) is 2.03. The molecule has 1 atom stereocenters. The molecule has 0 aromatic heterocycles. The Kier molecular flexibility index (Phi) is 6.03. The van der Waals surface area contributed by atoms with Crippen molar-refractivity contribution in [3.05, 3.63) is 69.7 Å². The quantitative estimate of drug-likeness (QED) is 0.656. The van der Waals surface area contributed by atoms with Crippen molar-refractivity contribution >= 4 is 45.0 Å². The van der Waals surface area contributed by atoms with Gasteiger partial charge in [0.05, 0.1) is 11.2 Å². The number of likely N-dealkylation sites (tertiary alicyclic amines) is 1. The van der Waals surface area contributed by atoms with Gasteiger partial charge in [0.2, 0.25) is 15.9 Å². The molecule has 1 saturated carbocycles. The molecule has 2 amide bonds. The highest BCUT2D eigenvalue weighted by molar-refractivity contribution is 7.89. The first-order valence-electron chi connectivity index (χ1n) is 10.4. The minimum atomic E-state index is -3.95. The van der Waals surface area contributed by atoms with Crippen molar-refractivity contribution in [3.8, 4) is 0 Å². The number of hydrogen-bond donors (Lipinski definition) is 1. The Labute approximate surface area is 197 Å². The molecule has 2 aromatic carbocycles. The lowest BCUT2D eigenvalue weighted by molar-refractivity contribution is -0.163. The predicted octanol–water partition coefficient (Wildman–Crippen LogP) is 4.05. The van der Waals surface area contributed by atoms with Crippen molar-refractivity contribution in [2.24, 2.45) is 0 Å². The van der Waals surface area contributed by atoms with Gasteiger partial charge in [0.25, 0.3) is 5.91 Å². The summed E-state index contributed by atoms with van der Waals surface area (Å²) >= 11 is 11.9. The molecule has 170 valence electrons. The molecule has 32 heavy (non-hydrogen) atoms. The number of halogens is 2. The standard InChI is InChI=1S/C23H24Cl2N2O4S/c1-22(20(28)26-32(30,31)15-16-4-2-5-19(25)14-16)12-13-27(22)21(29)23(10-3-11-23)17-6-8-18(24)9-7-17/h2,4-9,14H,3,10-13,15H2,1H3,(H,26,28). The number of nitrogens with one attached hydrogen (secondary N) is 1. The van der Waals surface area contributed by atoms with Crippen LogP contribution in [0.4, 0.5) is 0 Å². The van der Waals surface area contributed by atoms with E-state index in [1.165, 1.54) is 4.90 Å². The highest BCUT2D eigenvalue weighted by Crippen LogP contribution is 2.48. The van der Waals surface area contributed by atoms with Crippen LogP contribution in [-0.4, -0.2) is 37.2 Å². The van der Waals surface area contributed by atoms with Crippen molar-refractivity contribution < 1.29 is 18.0 Å². The average Bonchev–Trinajstić information content (AvgIpc) is 2.66. The van der Waals surface area contributed by atoms with E-state index in [9.17, 15) is 18.0 Å². The zero-order chi connectivity index (χ0) is 23.1. The molecular formula is C23H24Cl2N2O4S. The Morgan fingerprint density at radius 3 is 2.25 bits per heavy atom. The van der Waals surface area contributed by atoms with E-state index in [0.717, 1.165) is 12.0 Å². The molecule has 6 nitrogen and oxygen atoms in total. The second-order valence-electron chi connectivity index (χ2n) is 8.74. The second-order valence-corrected chi connectivity index (χ2v) is 11.3. The van der Waals surface area contributed by atoms with Crippen LogP contribution in [0.3, 0.4) is 0 Å². The zero-order valence-electron chi connectivity index (χ0n) is 17.6. The zero-order valence-corrected chi connectivity index (χ0v) is 19.9. The van der Waals surface area contributed by atoms with E-state index in [1.807, 2.05) is 12.1 Å². The van der Waals surface area contributed by atoms with Crippen LogP contribution < -0.4 is 4.72 Å². The molecule has 1 heterocycles. The third-order valence-corrected chi connectivity index (χ3v) is 8.36. The maximum absolute atomic E-state index is 13.6. The van der Waals surface area contributed by atoms with Gasteiger partial charge in [-0.15, -0.1) is 0 Å². The highest BCUT2D eigenvalue weighted by Gasteiger charge is 2.57. The van der Waals surface area contributed by atoms with Gasteiger partial charge in [-0.3, -0.25) is 14.3 Å². The summed E-state index contributed by atoms with van der Waals surface area (Å²) in [5, 5.41) is 1.01. The highest BCUT2D eigenvalue weighted by atomic mass is 35.5. The first-order valence-corrected chi connectivity index (χ1v) is 12.8. The summed E-state index contributed by atoms with van der Waals surface area (Å²) in [6, 6.07) is 13.7. The number of benzene rings is 2. The molecular weight excluding hydrogens is 471 g/mol. The van der Waals surface area contributed by atoms with Gasteiger partial charge in [0.15, 0.2) is 0 Å². The molecule has 0 bridgehead atoms. The summed E-state index contributed by atoms with van der Waals surface area (Å²) in [4.78, 5) is 28.1. The van der Waals surface area contributed by atoms with Crippen molar-refractivity contribution in [3.63, 3.8) is 0 Å². The van der Waals surface area contributed by atoms with Crippen LogP contribution in [0.2, 0.25) is 10.0 Å². The molecule has 9 heteroatoms. The summed E-state index contributed by atoms with van der Waals surface area (Å²) in [5.74, 6) is -1.20. The molecule has 1 unspecified atom stereocenters. The Morgan fingerprint density at radius 2 is 1.72 bits per heavy atom. The first kappa shape index (κ1) is 23.1. The number of carbonyl (C=O) groups is 2. The Bertz CT molecular complexity index is 1160. The van der Waals surface area contributed by atoms with Crippen LogP contribution in [0, 0.1) is 0 Å². The third-order valence-electron chi connectivity index (χ3n) is 6.66. The molecule has 1 saturated heterocycles. The minimum Gasteiger partial charge on any atom is -0.327 e. The molecule has 1 N–H and O–H groups in total. The topological polar surface area (TPSA) is 83.6 Å². The molecule has 2 aliphatic rings. The number of sulfonamides is 1. The van der Waals surface area contributed by atoms with Crippen molar-refractivity contribution in [1.82, 2.24) is 9.62 Å². The maximum Gasteiger partial charge on any atom is 0.259 e. The molecule has 4 rings (SSSR count). The van der Waals surface area contributed by atoms with Crippen LogP contribution in [-0.2, 0) is 30.8 Å². The van der Waals surface area contributed by atoms with Crippen LogP contribution >= 0.6 is 23.2 Å². The smallest absolute Gasteiger partial charge is 0.259 e. The van der Waals surface area contributed by atoms with Gasteiger partial charge in [0, 0.05) is 16.6 Å². The number of rotatable bonds is 6. The fourth-order valence-electron chi connectivity index (χ4n) is 4.44. The number of amides is 2. The fourth-order valence-corrected chi connectivity index (χ4v) is 5.97. The van der Waals surface area contributed by atoms with E-state index >= 15 is 0 Å². The second kappa shape index (κ2) is 8.36. The molecule has 0 radical (unpaired) electrons. The van der Waals surface area contributed by atoms with Crippen LogP contribution in [0.25, 0.3) is 0 Å². The molecule has 0 spiro atoms. The lowest BCUT2D eigenvalue weighted by Crippen LogP contribution is -2.71. The summed E-state index contributed by atoms with van der Waals surface area (Å²) in [7, 11) is -3.95. The average molecular weight is 495 g/mol. The summed E-state index contributed by atoms with van der Waals surface area (Å²) < 4.78 is 27.4. The fraction of sp³-hybridized carbons (Fsp3) is 0.391. The Balaban J connectivity index is 1.51. The third kappa shape index (κ3) is 4.14. The monoisotopic (exact) mass is 494 g/mol. The van der Waals surface area contributed by atoms with Crippen molar-refractivity contribution in [2.75, 3.05) is 6.54 Å². The van der Waals surface area contributed by atoms with Gasteiger partial charge < -0.3 is 4.90 Å². The van der Waals surface area contributed by atoms with E-state index in [-0.39, 0.29) is 11.7 Å². The lowest BCUT2D eigenvalue weighted by Gasteiger charge is -2.54. The van der Waals surface area contributed by atoms with E-state index in [4.69, 9.17) is 23.2 Å². The normalized spacial score (nSPS) is 21.9. The van der Waals surface area contributed by atoms with Gasteiger partial charge in [-0.1, -0.05) is 53.9 Å². The van der Waals surface area contributed by atoms with Crippen molar-refractivity contribution in [1.29, 1.82) is 0 Å². The van der Waals surface area contributed by atoms with E-state index in [1.54, 1.807) is 43.3 Å².